The lowest BCUT2D eigenvalue weighted by Crippen LogP contribution is -2.23. The summed E-state index contributed by atoms with van der Waals surface area (Å²) in [7, 11) is 1.57. The normalized spacial score (nSPS) is 11.7. The van der Waals surface area contributed by atoms with Gasteiger partial charge in [0.15, 0.2) is 0 Å². The molecule has 0 aliphatic rings. The Kier molecular flexibility index (Phi) is 5.21. The van der Waals surface area contributed by atoms with Gasteiger partial charge in [-0.15, -0.1) is 0 Å². The Balaban J connectivity index is 1.88. The smallest absolute Gasteiger partial charge is 0.368 e. The van der Waals surface area contributed by atoms with Gasteiger partial charge in [0.25, 0.3) is 0 Å². The van der Waals surface area contributed by atoms with Crippen molar-refractivity contribution < 1.29 is 4.84 Å². The summed E-state index contributed by atoms with van der Waals surface area (Å²) in [5, 5.41) is 12.0. The third-order valence-electron chi connectivity index (χ3n) is 4.74. The lowest BCUT2D eigenvalue weighted by molar-refractivity contribution is 0.130. The first-order valence-corrected chi connectivity index (χ1v) is 8.71. The van der Waals surface area contributed by atoms with Gasteiger partial charge in [0.2, 0.25) is 0 Å². The zero-order valence-corrected chi connectivity index (χ0v) is 16.2. The molecule has 0 N–H and O–H groups in total. The van der Waals surface area contributed by atoms with Gasteiger partial charge in [0, 0.05) is 18.2 Å². The second-order valence-corrected chi connectivity index (χ2v) is 6.57. The minimum absolute atomic E-state index is 0.229. The van der Waals surface area contributed by atoms with Gasteiger partial charge < -0.3 is 4.84 Å². The number of rotatable bonds is 5. The average Bonchev–Trinajstić information content (AvgIpc) is 2.97. The van der Waals surface area contributed by atoms with Crippen molar-refractivity contribution in [2.24, 2.45) is 12.2 Å². The van der Waals surface area contributed by atoms with Crippen LogP contribution in [0.25, 0.3) is 5.69 Å². The molecule has 3 aromatic rings. The van der Waals surface area contributed by atoms with Crippen molar-refractivity contribution >= 4 is 5.71 Å². The molecule has 7 nitrogen and oxygen atoms in total. The highest BCUT2D eigenvalue weighted by Crippen LogP contribution is 2.19. The predicted octanol–water partition coefficient (Wildman–Crippen LogP) is 2.83. The van der Waals surface area contributed by atoms with E-state index in [2.05, 4.69) is 35.5 Å². The van der Waals surface area contributed by atoms with Gasteiger partial charge in [-0.3, -0.25) is 0 Å². The molecular formula is C20H23N5O2. The molecule has 0 bridgehead atoms. The monoisotopic (exact) mass is 365 g/mol. The van der Waals surface area contributed by atoms with Crippen LogP contribution in [0.3, 0.4) is 0 Å². The van der Waals surface area contributed by atoms with Crippen LogP contribution in [-0.4, -0.2) is 25.5 Å². The summed E-state index contributed by atoms with van der Waals surface area (Å²) in [6.45, 7) is 8.26. The number of hydrogen-bond donors (Lipinski definition) is 0. The summed E-state index contributed by atoms with van der Waals surface area (Å²) >= 11 is 0. The summed E-state index contributed by atoms with van der Waals surface area (Å²) in [5.74, 6) is 0. The zero-order valence-electron chi connectivity index (χ0n) is 16.2. The van der Waals surface area contributed by atoms with E-state index in [9.17, 15) is 4.79 Å². The van der Waals surface area contributed by atoms with Crippen molar-refractivity contribution in [2.45, 2.75) is 34.3 Å². The summed E-state index contributed by atoms with van der Waals surface area (Å²) in [6, 6.07) is 11.8. The minimum Gasteiger partial charge on any atom is -0.391 e. The molecule has 3 rings (SSSR count). The molecule has 140 valence electrons. The van der Waals surface area contributed by atoms with Crippen molar-refractivity contribution in [1.82, 2.24) is 19.8 Å². The topological polar surface area (TPSA) is 74.3 Å². The van der Waals surface area contributed by atoms with Crippen LogP contribution >= 0.6 is 0 Å². The highest BCUT2D eigenvalue weighted by molar-refractivity contribution is 5.99. The summed E-state index contributed by atoms with van der Waals surface area (Å²) in [4.78, 5) is 17.8. The third-order valence-corrected chi connectivity index (χ3v) is 4.74. The molecule has 0 aliphatic carbocycles. The predicted molar refractivity (Wildman–Crippen MR) is 104 cm³/mol. The molecule has 1 heterocycles. The second-order valence-electron chi connectivity index (χ2n) is 6.57. The first-order valence-electron chi connectivity index (χ1n) is 8.71. The van der Waals surface area contributed by atoms with Gasteiger partial charge in [-0.25, -0.2) is 4.79 Å². The highest BCUT2D eigenvalue weighted by Gasteiger charge is 2.13. The molecule has 0 unspecified atom stereocenters. The Morgan fingerprint density at radius 2 is 1.78 bits per heavy atom. The Hall–Kier alpha value is -3.22. The fourth-order valence-corrected chi connectivity index (χ4v) is 2.92. The van der Waals surface area contributed by atoms with Crippen LogP contribution in [0, 0.1) is 20.8 Å². The maximum atomic E-state index is 12.2. The van der Waals surface area contributed by atoms with Crippen LogP contribution in [0.4, 0.5) is 0 Å². The number of aromatic nitrogens is 4. The largest absolute Gasteiger partial charge is 0.391 e. The highest BCUT2D eigenvalue weighted by atomic mass is 16.6. The van der Waals surface area contributed by atoms with Crippen molar-refractivity contribution in [3.63, 3.8) is 0 Å². The average molecular weight is 365 g/mol. The van der Waals surface area contributed by atoms with Crippen molar-refractivity contribution in [3.05, 3.63) is 74.7 Å². The molecule has 0 aliphatic heterocycles. The number of nitrogens with zero attached hydrogens (tertiary/aromatic N) is 5. The molecule has 0 amide bonds. The molecule has 1 aromatic heterocycles. The van der Waals surface area contributed by atoms with Gasteiger partial charge in [-0.1, -0.05) is 35.5 Å². The second kappa shape index (κ2) is 7.57. The Labute approximate surface area is 157 Å². The summed E-state index contributed by atoms with van der Waals surface area (Å²) in [5.41, 5.74) is 6.44. The molecule has 0 spiro atoms. The summed E-state index contributed by atoms with van der Waals surface area (Å²) in [6.07, 6.45) is 0. The maximum Gasteiger partial charge on any atom is 0.368 e. The van der Waals surface area contributed by atoms with Crippen LogP contribution in [0.1, 0.15) is 34.7 Å². The molecule has 0 saturated heterocycles. The molecule has 27 heavy (non-hydrogen) atoms. The van der Waals surface area contributed by atoms with Crippen LogP contribution in [-0.2, 0) is 18.5 Å². The van der Waals surface area contributed by atoms with Gasteiger partial charge >= 0.3 is 5.69 Å². The third kappa shape index (κ3) is 3.67. The van der Waals surface area contributed by atoms with E-state index in [1.54, 1.807) is 7.05 Å². The lowest BCUT2D eigenvalue weighted by atomic mass is 10.0. The van der Waals surface area contributed by atoms with Crippen molar-refractivity contribution in [1.29, 1.82) is 0 Å². The van der Waals surface area contributed by atoms with Crippen LogP contribution < -0.4 is 5.69 Å². The Morgan fingerprint density at radius 3 is 2.48 bits per heavy atom. The molecule has 0 saturated carbocycles. The van der Waals surface area contributed by atoms with E-state index in [0.717, 1.165) is 22.4 Å². The fourth-order valence-electron chi connectivity index (χ4n) is 2.92. The summed E-state index contributed by atoms with van der Waals surface area (Å²) < 4.78 is 2.46. The number of benzene rings is 2. The SMILES string of the molecule is CC(=NOCc1c(C)cccc1-n1nnn(C)c1=O)c1cccc(C)c1C. The zero-order chi connectivity index (χ0) is 19.6. The quantitative estimate of drug-likeness (QED) is 0.515. The van der Waals surface area contributed by atoms with E-state index in [1.165, 1.54) is 20.5 Å². The lowest BCUT2D eigenvalue weighted by Gasteiger charge is -2.11. The molecule has 0 atom stereocenters. The van der Waals surface area contributed by atoms with E-state index in [0.29, 0.717) is 5.69 Å². The number of aryl methyl sites for hydroxylation is 3. The standard InChI is InChI=1S/C20H23N5O2/c1-13-8-6-10-17(15(13)3)16(4)21-27-12-18-14(2)9-7-11-19(18)25-20(26)24(5)22-23-25/h6-11H,12H2,1-5H3. The molecule has 2 aromatic carbocycles. The fraction of sp³-hybridized carbons (Fsp3) is 0.300. The molecule has 7 heteroatoms. The first-order chi connectivity index (χ1) is 12.9. The maximum absolute atomic E-state index is 12.2. The molecule has 0 fully saturated rings. The van der Waals surface area contributed by atoms with Crippen LogP contribution in [0.5, 0.6) is 0 Å². The molecule has 0 radical (unpaired) electrons. The first kappa shape index (κ1) is 18.6. The number of tetrazole rings is 1. The Morgan fingerprint density at radius 1 is 1.07 bits per heavy atom. The van der Waals surface area contributed by atoms with Gasteiger partial charge in [-0.05, 0) is 60.9 Å². The van der Waals surface area contributed by atoms with Gasteiger partial charge in [0.05, 0.1) is 11.4 Å². The number of oxime groups is 1. The van der Waals surface area contributed by atoms with Crippen LogP contribution in [0.15, 0.2) is 46.3 Å². The van der Waals surface area contributed by atoms with E-state index in [1.807, 2.05) is 44.2 Å². The van der Waals surface area contributed by atoms with Gasteiger partial charge in [0.1, 0.15) is 6.61 Å². The van der Waals surface area contributed by atoms with E-state index in [-0.39, 0.29) is 12.3 Å². The minimum atomic E-state index is -0.308. The van der Waals surface area contributed by atoms with E-state index >= 15 is 0 Å². The van der Waals surface area contributed by atoms with Crippen LogP contribution in [0.2, 0.25) is 0 Å². The van der Waals surface area contributed by atoms with E-state index < -0.39 is 0 Å². The van der Waals surface area contributed by atoms with Crippen molar-refractivity contribution in [2.75, 3.05) is 0 Å². The molecular weight excluding hydrogens is 342 g/mol. The van der Waals surface area contributed by atoms with Gasteiger partial charge in [-0.2, -0.15) is 9.36 Å². The van der Waals surface area contributed by atoms with Crippen molar-refractivity contribution in [3.8, 4) is 5.69 Å². The number of hydrogen-bond acceptors (Lipinski definition) is 5. The Bertz CT molecular complexity index is 1060. The van der Waals surface area contributed by atoms with E-state index in [4.69, 9.17) is 4.84 Å².